The summed E-state index contributed by atoms with van der Waals surface area (Å²) in [6.07, 6.45) is 2.21. The van der Waals surface area contributed by atoms with E-state index in [1.807, 2.05) is 12.1 Å². The van der Waals surface area contributed by atoms with Gasteiger partial charge >= 0.3 is 12.0 Å². The number of hydrogen-bond donors (Lipinski definition) is 2. The summed E-state index contributed by atoms with van der Waals surface area (Å²) < 4.78 is 5.72. The maximum absolute atomic E-state index is 13.1. The highest BCUT2D eigenvalue weighted by atomic mass is 16.4. The Morgan fingerprint density at radius 2 is 1.82 bits per heavy atom. The average molecular weight is 458 g/mol. The van der Waals surface area contributed by atoms with Crippen LogP contribution in [0, 0.1) is 0 Å². The molecule has 2 heterocycles. The Labute approximate surface area is 195 Å². The van der Waals surface area contributed by atoms with Gasteiger partial charge in [-0.2, -0.15) is 0 Å². The molecule has 0 aliphatic carbocycles. The first-order chi connectivity index (χ1) is 16.3. The topological polar surface area (TPSA) is 117 Å². The summed E-state index contributed by atoms with van der Waals surface area (Å²) in [6, 6.07) is 15.6. The fourth-order valence-corrected chi connectivity index (χ4v) is 3.61. The van der Waals surface area contributed by atoms with Crippen molar-refractivity contribution in [3.05, 3.63) is 83.1 Å². The third-order valence-electron chi connectivity index (χ3n) is 5.74. The molecule has 0 saturated carbocycles. The van der Waals surface area contributed by atoms with Gasteiger partial charge in [0.2, 0.25) is 0 Å². The average Bonchev–Trinajstić information content (AvgIpc) is 3.30. The summed E-state index contributed by atoms with van der Waals surface area (Å²) in [4.78, 5) is 50.1. The standard InChI is InChI=1S/C26H22N2O6/c1-3-15(2)16-7-9-19(10-8-16)28-24(30)21(23(29)27-26(28)33)14-20-11-12-22(34-20)17-5-4-6-18(13-17)25(31)32/h4-15H,3H2,1-2H3,(H,31,32)(H,27,29,33)/b21-14-/t15-/m0/s1. The highest BCUT2D eigenvalue weighted by Crippen LogP contribution is 2.28. The summed E-state index contributed by atoms with van der Waals surface area (Å²) >= 11 is 0. The molecule has 4 amide bonds. The second kappa shape index (κ2) is 9.19. The zero-order chi connectivity index (χ0) is 24.4. The number of nitrogens with zero attached hydrogens (tertiary/aromatic N) is 1. The van der Waals surface area contributed by atoms with Crippen LogP contribution in [0.15, 0.2) is 70.7 Å². The summed E-state index contributed by atoms with van der Waals surface area (Å²) in [6.45, 7) is 4.16. The number of carbonyl (C=O) groups is 4. The maximum atomic E-state index is 13.1. The highest BCUT2D eigenvalue weighted by molar-refractivity contribution is 6.39. The monoisotopic (exact) mass is 458 g/mol. The number of anilines is 1. The zero-order valence-electron chi connectivity index (χ0n) is 18.6. The van der Waals surface area contributed by atoms with E-state index in [2.05, 4.69) is 19.2 Å². The Hall–Kier alpha value is -4.46. The molecular weight excluding hydrogens is 436 g/mol. The van der Waals surface area contributed by atoms with Crippen LogP contribution in [0.1, 0.15) is 47.9 Å². The van der Waals surface area contributed by atoms with Gasteiger partial charge in [0, 0.05) is 5.56 Å². The van der Waals surface area contributed by atoms with Gasteiger partial charge in [-0.1, -0.05) is 38.1 Å². The van der Waals surface area contributed by atoms with Crippen LogP contribution in [0.4, 0.5) is 10.5 Å². The van der Waals surface area contributed by atoms with E-state index in [9.17, 15) is 24.3 Å². The number of amides is 4. The molecule has 1 fully saturated rings. The van der Waals surface area contributed by atoms with Crippen LogP contribution < -0.4 is 10.2 Å². The molecule has 0 unspecified atom stereocenters. The lowest BCUT2D eigenvalue weighted by Crippen LogP contribution is -2.54. The van der Waals surface area contributed by atoms with Gasteiger partial charge in [0.05, 0.1) is 11.3 Å². The second-order valence-electron chi connectivity index (χ2n) is 7.95. The molecule has 0 radical (unpaired) electrons. The van der Waals surface area contributed by atoms with E-state index in [0.717, 1.165) is 16.9 Å². The van der Waals surface area contributed by atoms with Gasteiger partial charge < -0.3 is 9.52 Å². The van der Waals surface area contributed by atoms with Crippen LogP contribution in [0.3, 0.4) is 0 Å². The quantitative estimate of drug-likeness (QED) is 0.404. The van der Waals surface area contributed by atoms with E-state index < -0.39 is 23.8 Å². The van der Waals surface area contributed by atoms with Crippen LogP contribution in [0.5, 0.6) is 0 Å². The first-order valence-corrected chi connectivity index (χ1v) is 10.7. The summed E-state index contributed by atoms with van der Waals surface area (Å²) in [5.41, 5.74) is 1.80. The fraction of sp³-hybridized carbons (Fsp3) is 0.154. The van der Waals surface area contributed by atoms with Crippen molar-refractivity contribution < 1.29 is 28.7 Å². The Morgan fingerprint density at radius 3 is 2.50 bits per heavy atom. The highest BCUT2D eigenvalue weighted by Gasteiger charge is 2.37. The number of carboxylic acid groups (broad SMARTS) is 1. The van der Waals surface area contributed by atoms with Gasteiger partial charge in [-0.15, -0.1) is 0 Å². The van der Waals surface area contributed by atoms with Gasteiger partial charge in [0.15, 0.2) is 0 Å². The number of aromatic carboxylic acids is 1. The zero-order valence-corrected chi connectivity index (χ0v) is 18.6. The smallest absolute Gasteiger partial charge is 0.335 e. The van der Waals surface area contributed by atoms with E-state index in [-0.39, 0.29) is 16.9 Å². The second-order valence-corrected chi connectivity index (χ2v) is 7.95. The molecule has 0 bridgehead atoms. The molecule has 2 aromatic carbocycles. The van der Waals surface area contributed by atoms with Crippen molar-refractivity contribution in [1.82, 2.24) is 5.32 Å². The Morgan fingerprint density at radius 1 is 1.09 bits per heavy atom. The molecular formula is C26H22N2O6. The normalized spacial score (nSPS) is 16.0. The minimum Gasteiger partial charge on any atom is -0.478 e. The molecule has 1 aliphatic rings. The number of hydrogen-bond acceptors (Lipinski definition) is 5. The molecule has 1 saturated heterocycles. The van der Waals surface area contributed by atoms with Crippen LogP contribution in [-0.2, 0) is 9.59 Å². The van der Waals surface area contributed by atoms with E-state index in [4.69, 9.17) is 4.42 Å². The maximum Gasteiger partial charge on any atom is 0.335 e. The number of urea groups is 1. The minimum atomic E-state index is -1.07. The Kier molecular flexibility index (Phi) is 6.14. The number of imide groups is 2. The van der Waals surface area contributed by atoms with Crippen molar-refractivity contribution >= 4 is 35.6 Å². The molecule has 1 atom stereocenters. The molecule has 34 heavy (non-hydrogen) atoms. The van der Waals surface area contributed by atoms with E-state index in [0.29, 0.717) is 22.9 Å². The van der Waals surface area contributed by atoms with Crippen molar-refractivity contribution in [2.24, 2.45) is 0 Å². The summed E-state index contributed by atoms with van der Waals surface area (Å²) in [5, 5.41) is 11.4. The molecule has 4 rings (SSSR count). The number of furan rings is 1. The van der Waals surface area contributed by atoms with Gasteiger partial charge in [-0.05, 0) is 60.4 Å². The molecule has 172 valence electrons. The van der Waals surface area contributed by atoms with Gasteiger partial charge in [0.1, 0.15) is 17.1 Å². The Balaban J connectivity index is 1.63. The lowest BCUT2D eigenvalue weighted by atomic mass is 9.98. The molecule has 2 N–H and O–H groups in total. The van der Waals surface area contributed by atoms with Crippen molar-refractivity contribution in [3.8, 4) is 11.3 Å². The van der Waals surface area contributed by atoms with Gasteiger partial charge in [-0.3, -0.25) is 14.9 Å². The van der Waals surface area contributed by atoms with Crippen molar-refractivity contribution in [1.29, 1.82) is 0 Å². The predicted octanol–water partition coefficient (Wildman–Crippen LogP) is 4.82. The molecule has 0 spiro atoms. The summed E-state index contributed by atoms with van der Waals surface area (Å²) in [7, 11) is 0. The number of nitrogens with one attached hydrogen (secondary N) is 1. The molecule has 8 heteroatoms. The van der Waals surface area contributed by atoms with Crippen LogP contribution >= 0.6 is 0 Å². The number of rotatable bonds is 6. The van der Waals surface area contributed by atoms with E-state index in [1.165, 1.54) is 18.2 Å². The van der Waals surface area contributed by atoms with E-state index >= 15 is 0 Å². The summed E-state index contributed by atoms with van der Waals surface area (Å²) in [5.74, 6) is -1.75. The lowest BCUT2D eigenvalue weighted by molar-refractivity contribution is -0.122. The number of barbiturate groups is 1. The largest absolute Gasteiger partial charge is 0.478 e. The van der Waals surface area contributed by atoms with Gasteiger partial charge in [0.25, 0.3) is 11.8 Å². The van der Waals surface area contributed by atoms with Crippen molar-refractivity contribution in [2.75, 3.05) is 4.90 Å². The van der Waals surface area contributed by atoms with E-state index in [1.54, 1.807) is 36.4 Å². The number of carboxylic acids is 1. The third kappa shape index (κ3) is 4.38. The number of benzene rings is 2. The number of carbonyl (C=O) groups excluding carboxylic acids is 3. The molecule has 3 aromatic rings. The lowest BCUT2D eigenvalue weighted by Gasteiger charge is -2.26. The van der Waals surface area contributed by atoms with Crippen molar-refractivity contribution in [2.45, 2.75) is 26.2 Å². The van der Waals surface area contributed by atoms with Crippen LogP contribution in [0.2, 0.25) is 0 Å². The first kappa shape index (κ1) is 22.7. The SMILES string of the molecule is CC[C@H](C)c1ccc(N2C(=O)NC(=O)/C(=C/c3ccc(-c4cccc(C(=O)O)c4)o3)C2=O)cc1. The molecule has 1 aliphatic heterocycles. The third-order valence-corrected chi connectivity index (χ3v) is 5.74. The first-order valence-electron chi connectivity index (χ1n) is 10.7. The predicted molar refractivity (Wildman–Crippen MR) is 125 cm³/mol. The fourth-order valence-electron chi connectivity index (χ4n) is 3.61. The van der Waals surface area contributed by atoms with Crippen LogP contribution in [0.25, 0.3) is 17.4 Å². The minimum absolute atomic E-state index is 0.101. The van der Waals surface area contributed by atoms with Gasteiger partial charge in [-0.25, -0.2) is 14.5 Å². The molecule has 8 nitrogen and oxygen atoms in total. The van der Waals surface area contributed by atoms with Crippen molar-refractivity contribution in [3.63, 3.8) is 0 Å². The molecule has 1 aromatic heterocycles. The Bertz CT molecular complexity index is 1320. The van der Waals surface area contributed by atoms with Crippen LogP contribution in [-0.4, -0.2) is 28.9 Å².